The van der Waals surface area contributed by atoms with Crippen molar-refractivity contribution in [1.82, 2.24) is 196 Å². The summed E-state index contributed by atoms with van der Waals surface area (Å²) >= 11 is 0. The van der Waals surface area contributed by atoms with Crippen molar-refractivity contribution in [1.29, 1.82) is 0 Å². The number of aromatic nitrogens is 40. The number of hydrogen-bond acceptors (Lipinski definition) is 30. The van der Waals surface area contributed by atoms with Crippen LogP contribution in [0.2, 0.25) is 0 Å². The van der Waals surface area contributed by atoms with Gasteiger partial charge in [0.15, 0.2) is 68.5 Å². The van der Waals surface area contributed by atoms with Crippen molar-refractivity contribution in [2.45, 2.75) is 0 Å². The molecule has 0 atom stereocenters. The fourth-order valence-corrected chi connectivity index (χ4v) is 18.8. The van der Waals surface area contributed by atoms with Gasteiger partial charge >= 0.3 is 0 Å². The minimum Gasteiger partial charge on any atom is -0.324 e. The summed E-state index contributed by atoms with van der Waals surface area (Å²) in [5, 5.41) is 7.63. The number of aromatic amines is 2. The molecule has 29 rings (SSSR count). The standard InChI is InChI=1S/C88H42N40/c1-2-10-42-41(9-1)65(121-33-105-49-17-89-25-97-81(49)121)57-58(66(42)122-34-106-50-18-90-26-98-82(50)122)74-113-73(57)117-75-59-60(68(124-36-108-52-20-92-28-100-84(52)124)44-12-4-3-11-43(44)67(59)123-35-107-51-19-91-27-99-83(51)123)77(114-75)119-79-63-64(72(128-40-112-56-24-96-32-104-88(56)128)48-16-8-7-15-47(48)71(63)127-39-111-55-23-95-31-103-87(55)127)80(116-79)120-78-62-61(76(115-78)118-74)69(125-37-109-53-21-93-29-101-85(53)125)45-13-5-6-14-46(45)70(62)126-38-110-54-22-94-30-102-86(54)126/h1-40H,(H2,113,114,115,116,117,118,119,120). The highest BCUT2D eigenvalue weighted by atomic mass is 15.2. The predicted octanol–water partition coefficient (Wildman–Crippen LogP) is 12.5. The van der Waals surface area contributed by atoms with Crippen LogP contribution in [0.1, 0.15) is 0 Å². The summed E-state index contributed by atoms with van der Waals surface area (Å²) in [4.78, 5) is 161. The third-order valence-corrected chi connectivity index (χ3v) is 23.9. The van der Waals surface area contributed by atoms with Crippen molar-refractivity contribution < 1.29 is 0 Å². The fraction of sp³-hybridized carbons (Fsp3) is 0. The summed E-state index contributed by atoms with van der Waals surface area (Å²) in [7, 11) is 0. The third-order valence-electron chi connectivity index (χ3n) is 23.9. The molecule has 128 heavy (non-hydrogen) atoms. The smallest absolute Gasteiger partial charge is 0.167 e. The highest BCUT2D eigenvalue weighted by molar-refractivity contribution is 6.27. The van der Waals surface area contributed by atoms with Gasteiger partial charge < -0.3 is 9.97 Å². The number of imidazole rings is 8. The van der Waals surface area contributed by atoms with E-state index >= 15 is 0 Å². The first-order valence-electron chi connectivity index (χ1n) is 39.8. The van der Waals surface area contributed by atoms with Gasteiger partial charge in [0.25, 0.3) is 0 Å². The molecule has 0 unspecified atom stereocenters. The van der Waals surface area contributed by atoms with E-state index < -0.39 is 0 Å². The van der Waals surface area contributed by atoms with Crippen LogP contribution >= 0.6 is 0 Å². The molecule has 594 valence electrons. The van der Waals surface area contributed by atoms with Gasteiger partial charge in [-0.25, -0.2) is 150 Å². The Bertz CT molecular complexity index is 8720. The summed E-state index contributed by atoms with van der Waals surface area (Å²) < 4.78 is 15.6. The SMILES string of the molecule is c1ccc2c(-n3cnc4cncnc43)c3c(c(-n4cnc5cncnc54)c2c1)-c1nc-3nc2[nH]c(nc3nc(nc4[nH]c(n1)c1c(-n5cnc6cncnc65)c5ccccc5c(-n5cnc6cncnc65)c41)-c1c-3c(-n3cnc4cncnc43)c3ccccc3c1-n1cnc3cncnc31)c1c(-n3cnc4cncnc43)c3ccccc3c(-n3cnc4cncnc43)c21. The maximum absolute atomic E-state index is 6.19. The lowest BCUT2D eigenvalue weighted by atomic mass is 9.95. The van der Waals surface area contributed by atoms with Crippen LogP contribution in [0, 0.1) is 0 Å². The molecule has 2 aliphatic rings. The Labute approximate surface area is 707 Å². The predicted molar refractivity (Wildman–Crippen MR) is 468 cm³/mol. The largest absolute Gasteiger partial charge is 0.324 e. The van der Waals surface area contributed by atoms with E-state index in [2.05, 4.69) is 74.1 Å². The molecule has 2 N–H and O–H groups in total. The maximum Gasteiger partial charge on any atom is 0.167 e. The van der Waals surface area contributed by atoms with Gasteiger partial charge in [0.05, 0.1) is 139 Å². The average molecular weight is 1660 g/mol. The summed E-state index contributed by atoms with van der Waals surface area (Å²) in [5.74, 6) is 0.532. The molecule has 40 heteroatoms. The van der Waals surface area contributed by atoms with Crippen molar-refractivity contribution in [2.24, 2.45) is 0 Å². The Kier molecular flexibility index (Phi) is 13.2. The summed E-state index contributed by atoms with van der Waals surface area (Å²) in [6.07, 6.45) is 39.3. The summed E-state index contributed by atoms with van der Waals surface area (Å²) in [6.45, 7) is 0. The van der Waals surface area contributed by atoms with Crippen molar-refractivity contribution in [3.05, 3.63) is 248 Å². The van der Waals surface area contributed by atoms with Crippen molar-refractivity contribution >= 4 is 177 Å². The zero-order valence-electron chi connectivity index (χ0n) is 65.1. The zero-order chi connectivity index (χ0) is 83.2. The highest BCUT2D eigenvalue weighted by Crippen LogP contribution is 2.54. The first kappa shape index (κ1) is 67.3. The second-order valence-corrected chi connectivity index (χ2v) is 30.4. The number of fused-ring (bicyclic) bond motifs is 32. The third kappa shape index (κ3) is 9.13. The molecule has 19 aromatic heterocycles. The number of nitrogens with zero attached hydrogens (tertiary/aromatic N) is 38. The lowest BCUT2D eigenvalue weighted by Crippen LogP contribution is -2.05. The molecule has 0 spiro atoms. The van der Waals surface area contributed by atoms with Crippen LogP contribution < -0.4 is 0 Å². The van der Waals surface area contributed by atoms with E-state index in [0.717, 1.165) is 0 Å². The van der Waals surface area contributed by atoms with Crippen LogP contribution in [0.15, 0.2) is 248 Å². The van der Waals surface area contributed by atoms with Crippen LogP contribution in [0.4, 0.5) is 0 Å². The minimum absolute atomic E-state index is 0.133. The molecule has 2 aliphatic heterocycles. The Morgan fingerprint density at radius 3 is 0.523 bits per heavy atom. The normalized spacial score (nSPS) is 12.4. The van der Waals surface area contributed by atoms with Crippen LogP contribution in [0.3, 0.4) is 0 Å². The second kappa shape index (κ2) is 25.1. The van der Waals surface area contributed by atoms with Gasteiger partial charge in [0, 0.05) is 43.1 Å². The molecule has 40 nitrogen and oxygen atoms in total. The van der Waals surface area contributed by atoms with E-state index in [9.17, 15) is 0 Å². The first-order valence-corrected chi connectivity index (χ1v) is 39.8. The summed E-state index contributed by atoms with van der Waals surface area (Å²) in [5.41, 5.74) is 15.0. The molecule has 0 radical (unpaired) electrons. The van der Waals surface area contributed by atoms with E-state index in [1.807, 2.05) is 109 Å². The van der Waals surface area contributed by atoms with E-state index in [0.29, 0.717) is 222 Å². The number of rotatable bonds is 8. The highest BCUT2D eigenvalue weighted by Gasteiger charge is 2.38. The van der Waals surface area contributed by atoms with Gasteiger partial charge in [-0.3, -0.25) is 36.5 Å². The van der Waals surface area contributed by atoms with E-state index in [-0.39, 0.29) is 45.9 Å². The van der Waals surface area contributed by atoms with Crippen LogP contribution in [0.5, 0.6) is 0 Å². The molecule has 0 aliphatic carbocycles. The molecule has 0 fully saturated rings. The topological polar surface area (TPSA) is 458 Å². The molecule has 8 bridgehead atoms. The van der Waals surface area contributed by atoms with E-state index in [1.54, 1.807) is 100 Å². The van der Waals surface area contributed by atoms with Crippen molar-refractivity contribution in [2.75, 3.05) is 0 Å². The van der Waals surface area contributed by atoms with Crippen molar-refractivity contribution in [3.8, 4) is 91.1 Å². The molecule has 0 saturated heterocycles. The first-order chi connectivity index (χ1) is 63.5. The lowest BCUT2D eigenvalue weighted by Gasteiger charge is -2.19. The number of benzene rings is 8. The Morgan fingerprint density at radius 1 is 0.180 bits per heavy atom. The van der Waals surface area contributed by atoms with E-state index in [4.69, 9.17) is 110 Å². The fourth-order valence-electron chi connectivity index (χ4n) is 18.8. The molecule has 0 saturated carbocycles. The number of H-pyrrole nitrogens is 2. The minimum atomic E-state index is 0.133. The Morgan fingerprint density at radius 2 is 0.344 bits per heavy atom. The molecule has 21 heterocycles. The molecule has 27 aromatic rings. The Hall–Kier alpha value is -19.4. The zero-order valence-corrected chi connectivity index (χ0v) is 65.1. The molecule has 0 amide bonds. The van der Waals surface area contributed by atoms with E-state index in [1.165, 1.54) is 50.6 Å². The second-order valence-electron chi connectivity index (χ2n) is 30.4. The number of nitrogens with one attached hydrogen (secondary N) is 2. The van der Waals surface area contributed by atoms with Gasteiger partial charge in [0.2, 0.25) is 0 Å². The Balaban J connectivity index is 0.917. The van der Waals surface area contributed by atoms with Gasteiger partial charge in [-0.2, -0.15) is 0 Å². The number of hydrogen-bond donors (Lipinski definition) is 2. The van der Waals surface area contributed by atoms with Crippen LogP contribution in [-0.2, 0) is 0 Å². The van der Waals surface area contributed by atoms with Crippen LogP contribution in [0.25, 0.3) is 268 Å². The molecular weight excluding hydrogens is 1620 g/mol. The van der Waals surface area contributed by atoms with Crippen molar-refractivity contribution in [3.63, 3.8) is 0 Å². The van der Waals surface area contributed by atoms with Gasteiger partial charge in [-0.1, -0.05) is 97.1 Å². The lowest BCUT2D eigenvalue weighted by molar-refractivity contribution is 1.05. The van der Waals surface area contributed by atoms with Gasteiger partial charge in [0.1, 0.15) is 168 Å². The molecule has 8 aromatic carbocycles. The quantitative estimate of drug-likeness (QED) is 0.143. The maximum atomic E-state index is 6.19. The van der Waals surface area contributed by atoms with Gasteiger partial charge in [-0.15, -0.1) is 0 Å². The van der Waals surface area contributed by atoms with Crippen LogP contribution in [-0.4, -0.2) is 196 Å². The summed E-state index contributed by atoms with van der Waals surface area (Å²) in [6, 6.07) is 32.3. The monoisotopic (exact) mass is 1660 g/mol. The average Bonchev–Trinajstić information content (AvgIpc) is 1.52. The van der Waals surface area contributed by atoms with Gasteiger partial charge in [-0.05, 0) is 0 Å². The molecular formula is C88H42N40.